The summed E-state index contributed by atoms with van der Waals surface area (Å²) >= 11 is 1.03. The molecule has 0 amide bonds. The monoisotopic (exact) mass is 582 g/mol. The third kappa shape index (κ3) is 5.00. The second-order valence-electron chi connectivity index (χ2n) is 9.83. The zero-order valence-corrected chi connectivity index (χ0v) is 22.5. The van der Waals surface area contributed by atoms with Gasteiger partial charge in [0.25, 0.3) is 0 Å². The fourth-order valence-corrected chi connectivity index (χ4v) is 6.69. The predicted molar refractivity (Wildman–Crippen MR) is 142 cm³/mol. The SMILES string of the molecule is C=CC(O)N1CCN(c2nc(=O)n3c4c(c(-c5ccc(F)cc5F)c(C(F)(F)F)cc24)SC[C@@H](OC)C3)[C@@H](C)C1. The number of methoxy groups -OCH3 is 1. The zero-order valence-electron chi connectivity index (χ0n) is 21.7. The van der Waals surface area contributed by atoms with Crippen LogP contribution in [0.15, 0.2) is 46.6 Å². The molecule has 13 heteroatoms. The Bertz CT molecular complexity index is 1530. The van der Waals surface area contributed by atoms with Gasteiger partial charge in [0.05, 0.1) is 23.7 Å². The van der Waals surface area contributed by atoms with Crippen molar-refractivity contribution in [3.63, 3.8) is 0 Å². The first-order valence-electron chi connectivity index (χ1n) is 12.6. The van der Waals surface area contributed by atoms with Crippen molar-refractivity contribution in [3.05, 3.63) is 64.6 Å². The number of ether oxygens (including phenoxy) is 1. The number of nitrogens with zero attached hydrogens (tertiary/aromatic N) is 4. The third-order valence-corrected chi connectivity index (χ3v) is 8.58. The molecule has 0 bridgehead atoms. The Morgan fingerprint density at radius 2 is 1.98 bits per heavy atom. The second-order valence-corrected chi connectivity index (χ2v) is 10.9. The van der Waals surface area contributed by atoms with Crippen LogP contribution in [0.2, 0.25) is 0 Å². The van der Waals surface area contributed by atoms with Gasteiger partial charge in [-0.05, 0) is 31.2 Å². The normalized spacial score (nSPS) is 20.9. The average Bonchev–Trinajstić information content (AvgIpc) is 3.10. The molecule has 1 aromatic heterocycles. The van der Waals surface area contributed by atoms with Crippen LogP contribution in [0.25, 0.3) is 22.0 Å². The minimum atomic E-state index is -4.91. The van der Waals surface area contributed by atoms with Crippen LogP contribution >= 0.6 is 11.8 Å². The summed E-state index contributed by atoms with van der Waals surface area (Å²) < 4.78 is 79.6. The van der Waals surface area contributed by atoms with E-state index >= 15 is 4.39 Å². The highest BCUT2D eigenvalue weighted by atomic mass is 32.2. The Labute approximate surface area is 230 Å². The van der Waals surface area contributed by atoms with Gasteiger partial charge in [-0.3, -0.25) is 9.47 Å². The number of aliphatic hydroxyl groups excluding tert-OH is 1. The molecule has 2 aliphatic heterocycles. The maximum atomic E-state index is 15.1. The molecular formula is C27H27F5N4O3S. The summed E-state index contributed by atoms with van der Waals surface area (Å²) in [7, 11) is 1.44. The van der Waals surface area contributed by atoms with Crippen molar-refractivity contribution < 1.29 is 31.8 Å². The van der Waals surface area contributed by atoms with Crippen LogP contribution < -0.4 is 10.6 Å². The Morgan fingerprint density at radius 1 is 1.23 bits per heavy atom. The number of halogens is 5. The van der Waals surface area contributed by atoms with Crippen LogP contribution in [0, 0.1) is 11.6 Å². The van der Waals surface area contributed by atoms with Gasteiger partial charge in [0, 0.05) is 66.0 Å². The van der Waals surface area contributed by atoms with Gasteiger partial charge in [-0.2, -0.15) is 18.2 Å². The van der Waals surface area contributed by atoms with E-state index in [9.17, 15) is 27.5 Å². The molecule has 0 saturated carbocycles. The standard InChI is InChI=1S/C27H27F5N4O3S/c1-4-21(37)34-7-8-35(14(2)11-34)25-18-10-19(27(30,31)32)22(17-6-5-15(28)9-20(17)29)24-23(18)36(26(38)33-25)12-16(39-3)13-40-24/h4-6,9-10,14,16,21,37H,1,7-8,11-13H2,2-3H3/t14-,16-,21?/m0/s1. The number of anilines is 1. The topological polar surface area (TPSA) is 70.8 Å². The summed E-state index contributed by atoms with van der Waals surface area (Å²) in [6.07, 6.45) is -4.96. The number of aliphatic hydroxyl groups is 1. The predicted octanol–water partition coefficient (Wildman–Crippen LogP) is 4.50. The van der Waals surface area contributed by atoms with E-state index in [0.717, 1.165) is 30.0 Å². The molecule has 5 rings (SSSR count). The highest BCUT2D eigenvalue weighted by molar-refractivity contribution is 7.99. The molecule has 3 heterocycles. The van der Waals surface area contributed by atoms with Crippen molar-refractivity contribution in [2.24, 2.45) is 0 Å². The number of hydrogen-bond donors (Lipinski definition) is 1. The molecule has 0 radical (unpaired) electrons. The highest BCUT2D eigenvalue weighted by Crippen LogP contribution is 2.49. The van der Waals surface area contributed by atoms with Crippen LogP contribution in [0.5, 0.6) is 0 Å². The van der Waals surface area contributed by atoms with Gasteiger partial charge < -0.3 is 14.7 Å². The second kappa shape index (κ2) is 10.8. The molecule has 7 nitrogen and oxygen atoms in total. The van der Waals surface area contributed by atoms with Gasteiger partial charge >= 0.3 is 11.9 Å². The molecule has 1 saturated heterocycles. The summed E-state index contributed by atoms with van der Waals surface area (Å²) in [4.78, 5) is 21.2. The summed E-state index contributed by atoms with van der Waals surface area (Å²) in [5, 5.41) is 10.3. The number of alkyl halides is 3. The lowest BCUT2D eigenvalue weighted by Crippen LogP contribution is -2.55. The maximum absolute atomic E-state index is 15.1. The van der Waals surface area contributed by atoms with E-state index in [2.05, 4.69) is 11.6 Å². The fraction of sp³-hybridized carbons (Fsp3) is 0.407. The van der Waals surface area contributed by atoms with Crippen molar-refractivity contribution in [2.45, 2.75) is 42.9 Å². The number of hydrogen-bond acceptors (Lipinski definition) is 7. The number of rotatable bonds is 5. The van der Waals surface area contributed by atoms with Crippen molar-refractivity contribution in [1.29, 1.82) is 0 Å². The van der Waals surface area contributed by atoms with Crippen molar-refractivity contribution in [2.75, 3.05) is 37.4 Å². The first kappa shape index (κ1) is 28.5. The molecule has 2 aromatic carbocycles. The molecule has 3 atom stereocenters. The molecule has 214 valence electrons. The first-order chi connectivity index (χ1) is 18.9. The molecule has 2 aliphatic rings. The van der Waals surface area contributed by atoms with Crippen LogP contribution in [-0.4, -0.2) is 70.4 Å². The molecule has 40 heavy (non-hydrogen) atoms. The van der Waals surface area contributed by atoms with Crippen LogP contribution in [-0.2, 0) is 17.5 Å². The fourth-order valence-electron chi connectivity index (χ4n) is 5.37. The van der Waals surface area contributed by atoms with Gasteiger partial charge in [-0.15, -0.1) is 11.8 Å². The van der Waals surface area contributed by atoms with E-state index in [0.29, 0.717) is 19.2 Å². The van der Waals surface area contributed by atoms with Gasteiger partial charge in [0.1, 0.15) is 23.7 Å². The van der Waals surface area contributed by atoms with E-state index in [1.54, 1.807) is 9.80 Å². The van der Waals surface area contributed by atoms with Crippen LogP contribution in [0.4, 0.5) is 27.8 Å². The molecule has 0 aliphatic carbocycles. The molecular weight excluding hydrogens is 555 g/mol. The highest BCUT2D eigenvalue weighted by Gasteiger charge is 2.39. The maximum Gasteiger partial charge on any atom is 0.417 e. The Kier molecular flexibility index (Phi) is 7.68. The smallest absolute Gasteiger partial charge is 0.379 e. The van der Waals surface area contributed by atoms with Crippen molar-refractivity contribution in [1.82, 2.24) is 14.5 Å². The summed E-state index contributed by atoms with van der Waals surface area (Å²) in [5.41, 5.74) is -2.50. The number of piperazine rings is 1. The lowest BCUT2D eigenvalue weighted by atomic mass is 9.95. The van der Waals surface area contributed by atoms with Crippen LogP contribution in [0.1, 0.15) is 12.5 Å². The van der Waals surface area contributed by atoms with E-state index in [4.69, 9.17) is 4.74 Å². The Balaban J connectivity index is 1.83. The largest absolute Gasteiger partial charge is 0.417 e. The molecule has 1 fully saturated rings. The lowest BCUT2D eigenvalue weighted by molar-refractivity contribution is -0.137. The summed E-state index contributed by atoms with van der Waals surface area (Å²) in [5.74, 6) is -1.81. The van der Waals surface area contributed by atoms with E-state index < -0.39 is 52.5 Å². The van der Waals surface area contributed by atoms with Crippen LogP contribution in [0.3, 0.4) is 0 Å². The average molecular weight is 583 g/mol. The van der Waals surface area contributed by atoms with Gasteiger partial charge in [0.2, 0.25) is 0 Å². The van der Waals surface area contributed by atoms with Gasteiger partial charge in [0.15, 0.2) is 0 Å². The van der Waals surface area contributed by atoms with E-state index in [1.165, 1.54) is 17.8 Å². The Morgan fingerprint density at radius 3 is 2.60 bits per heavy atom. The third-order valence-electron chi connectivity index (χ3n) is 7.35. The summed E-state index contributed by atoms with van der Waals surface area (Å²) in [6.45, 7) is 6.42. The number of benzene rings is 2. The summed E-state index contributed by atoms with van der Waals surface area (Å²) in [6, 6.07) is 2.99. The number of aromatic nitrogens is 2. The van der Waals surface area contributed by atoms with Crippen molar-refractivity contribution >= 4 is 28.5 Å². The van der Waals surface area contributed by atoms with E-state index in [-0.39, 0.29) is 46.5 Å². The molecule has 3 aromatic rings. The number of thioether (sulfide) groups is 1. The minimum absolute atomic E-state index is 0.0324. The molecule has 0 spiro atoms. The first-order valence-corrected chi connectivity index (χ1v) is 13.5. The zero-order chi connectivity index (χ0) is 28.9. The van der Waals surface area contributed by atoms with Gasteiger partial charge in [-0.1, -0.05) is 6.58 Å². The van der Waals surface area contributed by atoms with Gasteiger partial charge in [-0.25, -0.2) is 13.6 Å². The lowest BCUT2D eigenvalue weighted by Gasteiger charge is -2.42. The molecule has 1 N–H and O–H groups in total. The quantitative estimate of drug-likeness (QED) is 0.351. The van der Waals surface area contributed by atoms with E-state index in [1.807, 2.05) is 6.92 Å². The van der Waals surface area contributed by atoms with Crippen molar-refractivity contribution in [3.8, 4) is 11.1 Å². The minimum Gasteiger partial charge on any atom is -0.379 e. The molecule has 1 unspecified atom stereocenters. The Hall–Kier alpha value is -3.00.